The Morgan fingerprint density at radius 3 is 1.41 bits per heavy atom. The minimum Gasteiger partial charge on any atom is -0.310 e. The summed E-state index contributed by atoms with van der Waals surface area (Å²) in [5, 5.41) is 13.2. The van der Waals surface area contributed by atoms with E-state index in [-0.39, 0.29) is 16.2 Å². The Kier molecular flexibility index (Phi) is 8.02. The molecule has 0 bridgehead atoms. The minimum absolute atomic E-state index is 0.0745. The second kappa shape index (κ2) is 13.0. The molecule has 0 aliphatic heterocycles. The topological polar surface area (TPSA) is 3.24 Å². The molecular formula is C60H53N. The molecule has 1 nitrogen and oxygen atoms in total. The van der Waals surface area contributed by atoms with Crippen molar-refractivity contribution in [1.29, 1.82) is 0 Å². The van der Waals surface area contributed by atoms with Gasteiger partial charge in [0.15, 0.2) is 0 Å². The fraction of sp³-hybridized carbons (Fsp3) is 0.200. The second-order valence-corrected chi connectivity index (χ2v) is 20.6. The van der Waals surface area contributed by atoms with Crippen molar-refractivity contribution in [2.24, 2.45) is 0 Å². The van der Waals surface area contributed by atoms with E-state index >= 15 is 0 Å². The van der Waals surface area contributed by atoms with Gasteiger partial charge in [0.1, 0.15) is 0 Å². The summed E-state index contributed by atoms with van der Waals surface area (Å²) in [7, 11) is 0. The van der Waals surface area contributed by atoms with Crippen LogP contribution < -0.4 is 4.90 Å². The molecule has 1 heteroatoms. The van der Waals surface area contributed by atoms with E-state index in [2.05, 4.69) is 225 Å². The first-order chi connectivity index (χ1) is 29.1. The standard InChI is InChI=1S/C60H53N/c1-58(2,3)39-21-25-42(26-22-39)61(43-27-23-40(24-28-43)59(4,5)6)44-29-32-50-52(35-44)47-15-12-16-51-55(45-13-10-11-14-46(45)56(50)57(47)51)49-30-19-36-17-18-37-33-41(60(7,8)9)34-38-20-31-48(49)54(36)53(37)38/h10-35H,1-9H3. The van der Waals surface area contributed by atoms with Gasteiger partial charge < -0.3 is 4.90 Å². The largest absolute Gasteiger partial charge is 0.310 e. The van der Waals surface area contributed by atoms with Gasteiger partial charge in [0.25, 0.3) is 0 Å². The molecule has 0 heterocycles. The molecule has 0 amide bonds. The molecule has 10 aromatic carbocycles. The number of hydrogen-bond acceptors (Lipinski definition) is 1. The van der Waals surface area contributed by atoms with Gasteiger partial charge in [-0.25, -0.2) is 0 Å². The van der Waals surface area contributed by atoms with Crippen molar-refractivity contribution < 1.29 is 0 Å². The Morgan fingerprint density at radius 1 is 0.295 bits per heavy atom. The Bertz CT molecular complexity index is 3300. The van der Waals surface area contributed by atoms with E-state index in [4.69, 9.17) is 0 Å². The number of nitrogens with zero attached hydrogens (tertiary/aromatic N) is 1. The van der Waals surface area contributed by atoms with Gasteiger partial charge in [0, 0.05) is 17.1 Å². The second-order valence-electron chi connectivity index (χ2n) is 20.6. The molecule has 0 radical (unpaired) electrons. The van der Waals surface area contributed by atoms with Crippen LogP contribution in [0.25, 0.3) is 87.2 Å². The van der Waals surface area contributed by atoms with Crippen LogP contribution in [0, 0.1) is 0 Å². The lowest BCUT2D eigenvalue weighted by molar-refractivity contribution is 0.590. The third-order valence-electron chi connectivity index (χ3n) is 13.6. The van der Waals surface area contributed by atoms with E-state index in [1.807, 2.05) is 0 Å². The zero-order valence-corrected chi connectivity index (χ0v) is 37.0. The van der Waals surface area contributed by atoms with E-state index in [0.29, 0.717) is 0 Å². The predicted octanol–water partition coefficient (Wildman–Crippen LogP) is 17.6. The number of hydrogen-bond donors (Lipinski definition) is 0. The van der Waals surface area contributed by atoms with E-state index < -0.39 is 0 Å². The Labute approximate surface area is 360 Å². The van der Waals surface area contributed by atoms with Gasteiger partial charge in [0.05, 0.1) is 0 Å². The van der Waals surface area contributed by atoms with Crippen molar-refractivity contribution in [2.75, 3.05) is 4.90 Å². The van der Waals surface area contributed by atoms with Crippen molar-refractivity contribution in [3.05, 3.63) is 174 Å². The summed E-state index contributed by atoms with van der Waals surface area (Å²) >= 11 is 0. The Morgan fingerprint density at radius 2 is 0.803 bits per heavy atom. The zero-order chi connectivity index (χ0) is 42.2. The fourth-order valence-electron chi connectivity index (χ4n) is 10.3. The molecule has 0 saturated heterocycles. The number of anilines is 3. The van der Waals surface area contributed by atoms with Crippen molar-refractivity contribution >= 4 is 70.9 Å². The first-order valence-electron chi connectivity index (χ1n) is 22.0. The van der Waals surface area contributed by atoms with Crippen LogP contribution in [0.1, 0.15) is 79.0 Å². The van der Waals surface area contributed by atoms with Gasteiger partial charge in [-0.05, 0) is 157 Å². The number of rotatable bonds is 4. The maximum Gasteiger partial charge on any atom is 0.0468 e. The van der Waals surface area contributed by atoms with Crippen molar-refractivity contribution in [3.63, 3.8) is 0 Å². The molecule has 0 saturated carbocycles. The first kappa shape index (κ1) is 37.6. The van der Waals surface area contributed by atoms with Gasteiger partial charge in [0.2, 0.25) is 0 Å². The summed E-state index contributed by atoms with van der Waals surface area (Å²) in [6.07, 6.45) is 0. The van der Waals surface area contributed by atoms with Gasteiger partial charge in [-0.15, -0.1) is 0 Å². The van der Waals surface area contributed by atoms with Crippen molar-refractivity contribution in [3.8, 4) is 33.4 Å². The van der Waals surface area contributed by atoms with Gasteiger partial charge in [-0.3, -0.25) is 0 Å². The molecule has 0 spiro atoms. The van der Waals surface area contributed by atoms with E-state index in [1.54, 1.807) is 0 Å². The van der Waals surface area contributed by atoms with Gasteiger partial charge >= 0.3 is 0 Å². The predicted molar refractivity (Wildman–Crippen MR) is 266 cm³/mol. The molecular weight excluding hydrogens is 735 g/mol. The fourth-order valence-corrected chi connectivity index (χ4v) is 10.3. The van der Waals surface area contributed by atoms with Gasteiger partial charge in [-0.2, -0.15) is 0 Å². The third-order valence-corrected chi connectivity index (χ3v) is 13.6. The van der Waals surface area contributed by atoms with Crippen LogP contribution in [-0.4, -0.2) is 0 Å². The molecule has 0 N–H and O–H groups in total. The molecule has 61 heavy (non-hydrogen) atoms. The van der Waals surface area contributed by atoms with Crippen LogP contribution in [0.4, 0.5) is 17.1 Å². The van der Waals surface area contributed by atoms with Crippen molar-refractivity contribution in [1.82, 2.24) is 0 Å². The molecule has 11 rings (SSSR count). The SMILES string of the molecule is CC(C)(C)c1ccc(N(c2ccc(C(C)(C)C)cc2)c2ccc3c(c2)-c2cccc4c(-c5ccc6ccc7cc(C(C)(C)C)cc8ccc5c6c78)c5ccccc5c-3c24)cc1. The molecule has 0 unspecified atom stereocenters. The maximum atomic E-state index is 2.44. The lowest BCUT2D eigenvalue weighted by Gasteiger charge is -2.28. The molecule has 0 fully saturated rings. The average Bonchev–Trinajstić information content (AvgIpc) is 3.57. The highest BCUT2D eigenvalue weighted by Gasteiger charge is 2.29. The van der Waals surface area contributed by atoms with Crippen LogP contribution >= 0.6 is 0 Å². The maximum absolute atomic E-state index is 2.44. The quantitative estimate of drug-likeness (QED) is 0.127. The molecule has 1 aliphatic carbocycles. The monoisotopic (exact) mass is 787 g/mol. The summed E-state index contributed by atoms with van der Waals surface area (Å²) in [6.45, 7) is 20.6. The molecule has 0 aromatic heterocycles. The first-order valence-corrected chi connectivity index (χ1v) is 22.0. The van der Waals surface area contributed by atoms with Crippen molar-refractivity contribution in [2.45, 2.75) is 78.6 Å². The van der Waals surface area contributed by atoms with E-state index in [1.165, 1.54) is 104 Å². The van der Waals surface area contributed by atoms with E-state index in [9.17, 15) is 0 Å². The normalized spacial score (nSPS) is 13.0. The number of fused-ring (bicyclic) bond motifs is 5. The summed E-state index contributed by atoms with van der Waals surface area (Å²) < 4.78 is 0. The summed E-state index contributed by atoms with van der Waals surface area (Å²) in [4.78, 5) is 2.43. The Balaban J connectivity index is 1.13. The summed E-state index contributed by atoms with van der Waals surface area (Å²) in [5.41, 5.74) is 15.6. The highest BCUT2D eigenvalue weighted by atomic mass is 15.1. The number of benzene rings is 10. The van der Waals surface area contributed by atoms with Gasteiger partial charge in [-0.1, -0.05) is 184 Å². The van der Waals surface area contributed by atoms with Crippen LogP contribution in [0.15, 0.2) is 158 Å². The van der Waals surface area contributed by atoms with Crippen LogP contribution in [-0.2, 0) is 16.2 Å². The van der Waals surface area contributed by atoms with E-state index in [0.717, 1.165) is 17.1 Å². The molecule has 298 valence electrons. The molecule has 0 atom stereocenters. The molecule has 10 aromatic rings. The molecule has 1 aliphatic rings. The lowest BCUT2D eigenvalue weighted by atomic mass is 9.82. The smallest absolute Gasteiger partial charge is 0.0468 e. The third kappa shape index (κ3) is 5.81. The summed E-state index contributed by atoms with van der Waals surface area (Å²) in [6, 6.07) is 60.6. The van der Waals surface area contributed by atoms with Crippen LogP contribution in [0.3, 0.4) is 0 Å². The summed E-state index contributed by atoms with van der Waals surface area (Å²) in [5.74, 6) is 0. The zero-order valence-electron chi connectivity index (χ0n) is 37.0. The van der Waals surface area contributed by atoms with Crippen LogP contribution in [0.2, 0.25) is 0 Å². The highest BCUT2D eigenvalue weighted by Crippen LogP contribution is 2.56. The lowest BCUT2D eigenvalue weighted by Crippen LogP contribution is -2.14. The van der Waals surface area contributed by atoms with Crippen LogP contribution in [0.5, 0.6) is 0 Å². The average molecular weight is 788 g/mol. The Hall–Kier alpha value is -6.44. The highest BCUT2D eigenvalue weighted by molar-refractivity contribution is 6.32. The minimum atomic E-state index is 0.0745.